The summed E-state index contributed by atoms with van der Waals surface area (Å²) in [5.41, 5.74) is 3.76. The predicted molar refractivity (Wildman–Crippen MR) is 74.8 cm³/mol. The van der Waals surface area contributed by atoms with Crippen LogP contribution in [0.1, 0.15) is 17.0 Å². The van der Waals surface area contributed by atoms with Gasteiger partial charge in [0.1, 0.15) is 5.75 Å². The summed E-state index contributed by atoms with van der Waals surface area (Å²) in [5, 5.41) is 4.20. The second-order valence-corrected chi connectivity index (χ2v) is 4.87. The van der Waals surface area contributed by atoms with Gasteiger partial charge in [-0.1, -0.05) is 23.7 Å². The van der Waals surface area contributed by atoms with Gasteiger partial charge in [0.15, 0.2) is 0 Å². The average Bonchev–Trinajstić information content (AvgIpc) is 2.82. The van der Waals surface area contributed by atoms with Gasteiger partial charge in [-0.15, -0.1) is 0 Å². The average molecular weight is 260 g/mol. The van der Waals surface area contributed by atoms with E-state index in [9.17, 15) is 0 Å². The highest BCUT2D eigenvalue weighted by molar-refractivity contribution is 6.30. The highest BCUT2D eigenvalue weighted by Gasteiger charge is 2.24. The number of halogens is 1. The van der Waals surface area contributed by atoms with Crippen molar-refractivity contribution < 1.29 is 4.74 Å². The van der Waals surface area contributed by atoms with Crippen molar-refractivity contribution in [1.29, 1.82) is 0 Å². The van der Waals surface area contributed by atoms with Crippen LogP contribution in [0.3, 0.4) is 0 Å². The number of hydrogen-bond acceptors (Lipinski definition) is 2. The normalized spacial score (nSPS) is 17.1. The molecule has 0 saturated heterocycles. The summed E-state index contributed by atoms with van der Waals surface area (Å²) < 4.78 is 5.29. The van der Waals surface area contributed by atoms with E-state index in [1.807, 2.05) is 18.2 Å². The Morgan fingerprint density at radius 1 is 1.17 bits per heavy atom. The molecule has 0 radical (unpaired) electrons. The molecule has 3 heteroatoms. The third-order valence-electron chi connectivity index (χ3n) is 3.40. The first-order chi connectivity index (χ1) is 8.78. The molecule has 0 amide bonds. The second-order valence-electron chi connectivity index (χ2n) is 4.44. The van der Waals surface area contributed by atoms with Crippen LogP contribution in [-0.2, 0) is 0 Å². The number of hydrogen-bond donors (Lipinski definition) is 1. The second kappa shape index (κ2) is 4.54. The fraction of sp³-hybridized carbons (Fsp3) is 0.200. The lowest BCUT2D eigenvalue weighted by Crippen LogP contribution is -2.03. The number of nitrogens with one attached hydrogen (secondary N) is 1. The molecule has 18 heavy (non-hydrogen) atoms. The summed E-state index contributed by atoms with van der Waals surface area (Å²) in [6, 6.07) is 14.2. The molecule has 0 fully saturated rings. The van der Waals surface area contributed by atoms with Gasteiger partial charge >= 0.3 is 0 Å². The summed E-state index contributed by atoms with van der Waals surface area (Å²) in [4.78, 5) is 0. The molecule has 2 aromatic rings. The Bertz CT molecular complexity index is 565. The van der Waals surface area contributed by atoms with Crippen LogP contribution in [0.5, 0.6) is 5.75 Å². The zero-order chi connectivity index (χ0) is 12.5. The van der Waals surface area contributed by atoms with Gasteiger partial charge in [-0.2, -0.15) is 0 Å². The van der Waals surface area contributed by atoms with Crippen molar-refractivity contribution >= 4 is 17.3 Å². The topological polar surface area (TPSA) is 21.3 Å². The minimum absolute atomic E-state index is 0.368. The van der Waals surface area contributed by atoms with Gasteiger partial charge in [-0.05, 0) is 41.5 Å². The summed E-state index contributed by atoms with van der Waals surface area (Å²) in [5.74, 6) is 1.27. The number of rotatable bonds is 2. The smallest absolute Gasteiger partial charge is 0.119 e. The Kier molecular flexibility index (Phi) is 2.88. The van der Waals surface area contributed by atoms with Gasteiger partial charge in [-0.25, -0.2) is 0 Å². The molecule has 1 aliphatic heterocycles. The minimum Gasteiger partial charge on any atom is -0.497 e. The van der Waals surface area contributed by atoms with Crippen molar-refractivity contribution in [2.75, 3.05) is 19.0 Å². The summed E-state index contributed by atoms with van der Waals surface area (Å²) >= 11 is 5.93. The molecular formula is C15H14ClNO. The molecule has 1 atom stereocenters. The van der Waals surface area contributed by atoms with Crippen LogP contribution < -0.4 is 10.1 Å². The Hall–Kier alpha value is -1.67. The highest BCUT2D eigenvalue weighted by atomic mass is 35.5. The van der Waals surface area contributed by atoms with E-state index in [0.717, 1.165) is 17.3 Å². The van der Waals surface area contributed by atoms with Crippen molar-refractivity contribution in [3.8, 4) is 5.75 Å². The molecule has 0 bridgehead atoms. The van der Waals surface area contributed by atoms with E-state index in [4.69, 9.17) is 16.3 Å². The lowest BCUT2D eigenvalue weighted by Gasteiger charge is -2.11. The first-order valence-electron chi connectivity index (χ1n) is 5.95. The SMILES string of the molecule is COc1ccc2c(c1)C(c1ccc(Cl)cc1)CN2. The molecular weight excluding hydrogens is 246 g/mol. The van der Waals surface area contributed by atoms with Crippen molar-refractivity contribution in [3.05, 3.63) is 58.6 Å². The van der Waals surface area contributed by atoms with Gasteiger partial charge in [0.2, 0.25) is 0 Å². The molecule has 0 aromatic heterocycles. The number of fused-ring (bicyclic) bond motifs is 1. The Morgan fingerprint density at radius 3 is 2.67 bits per heavy atom. The van der Waals surface area contributed by atoms with Gasteiger partial charge < -0.3 is 10.1 Å². The monoisotopic (exact) mass is 259 g/mol. The zero-order valence-corrected chi connectivity index (χ0v) is 10.9. The van der Waals surface area contributed by atoms with Crippen molar-refractivity contribution in [3.63, 3.8) is 0 Å². The van der Waals surface area contributed by atoms with Crippen LogP contribution in [-0.4, -0.2) is 13.7 Å². The predicted octanol–water partition coefficient (Wildman–Crippen LogP) is 3.91. The molecule has 1 heterocycles. The van der Waals surface area contributed by atoms with Crippen molar-refractivity contribution in [2.24, 2.45) is 0 Å². The largest absolute Gasteiger partial charge is 0.497 e. The Balaban J connectivity index is 2.00. The van der Waals surface area contributed by atoms with Crippen LogP contribution in [0.4, 0.5) is 5.69 Å². The molecule has 2 nitrogen and oxygen atoms in total. The van der Waals surface area contributed by atoms with Gasteiger partial charge in [0.25, 0.3) is 0 Å². The number of anilines is 1. The van der Waals surface area contributed by atoms with Crippen LogP contribution in [0, 0.1) is 0 Å². The molecule has 1 aliphatic rings. The third-order valence-corrected chi connectivity index (χ3v) is 3.66. The zero-order valence-electron chi connectivity index (χ0n) is 10.1. The molecule has 0 aliphatic carbocycles. The quantitative estimate of drug-likeness (QED) is 0.883. The molecule has 0 spiro atoms. The van der Waals surface area contributed by atoms with Crippen LogP contribution in [0.15, 0.2) is 42.5 Å². The number of methoxy groups -OCH3 is 1. The van der Waals surface area contributed by atoms with E-state index >= 15 is 0 Å². The summed E-state index contributed by atoms with van der Waals surface area (Å²) in [7, 11) is 1.70. The van der Waals surface area contributed by atoms with Crippen LogP contribution >= 0.6 is 11.6 Å². The lowest BCUT2D eigenvalue weighted by atomic mass is 9.93. The van der Waals surface area contributed by atoms with E-state index in [2.05, 4.69) is 29.6 Å². The molecule has 3 rings (SSSR count). The fourth-order valence-corrected chi connectivity index (χ4v) is 2.56. The summed E-state index contributed by atoms with van der Waals surface area (Å²) in [6.07, 6.45) is 0. The highest BCUT2D eigenvalue weighted by Crippen LogP contribution is 2.38. The number of ether oxygens (including phenoxy) is 1. The maximum Gasteiger partial charge on any atom is 0.119 e. The standard InChI is InChI=1S/C15H14ClNO/c1-18-12-6-7-15-13(8-12)14(9-17-15)10-2-4-11(16)5-3-10/h2-8,14,17H,9H2,1H3. The van der Waals surface area contributed by atoms with Crippen molar-refractivity contribution in [1.82, 2.24) is 0 Å². The van der Waals surface area contributed by atoms with E-state index in [0.29, 0.717) is 5.92 Å². The first-order valence-corrected chi connectivity index (χ1v) is 6.33. The summed E-state index contributed by atoms with van der Waals surface area (Å²) in [6.45, 7) is 0.921. The lowest BCUT2D eigenvalue weighted by molar-refractivity contribution is 0.414. The Morgan fingerprint density at radius 2 is 1.94 bits per heavy atom. The molecule has 1 unspecified atom stereocenters. The van der Waals surface area contributed by atoms with E-state index in [1.165, 1.54) is 16.8 Å². The maximum atomic E-state index is 5.93. The van der Waals surface area contributed by atoms with E-state index in [1.54, 1.807) is 7.11 Å². The molecule has 92 valence electrons. The van der Waals surface area contributed by atoms with E-state index < -0.39 is 0 Å². The number of benzene rings is 2. The van der Waals surface area contributed by atoms with Crippen LogP contribution in [0.2, 0.25) is 5.02 Å². The Labute approximate surface area is 112 Å². The van der Waals surface area contributed by atoms with E-state index in [-0.39, 0.29) is 0 Å². The molecule has 1 N–H and O–H groups in total. The third kappa shape index (κ3) is 1.93. The fourth-order valence-electron chi connectivity index (χ4n) is 2.43. The molecule has 0 saturated carbocycles. The minimum atomic E-state index is 0.368. The van der Waals surface area contributed by atoms with Gasteiger partial charge in [0, 0.05) is 23.2 Å². The van der Waals surface area contributed by atoms with Crippen LogP contribution in [0.25, 0.3) is 0 Å². The van der Waals surface area contributed by atoms with Gasteiger partial charge in [-0.3, -0.25) is 0 Å². The van der Waals surface area contributed by atoms with Gasteiger partial charge in [0.05, 0.1) is 7.11 Å². The molecule has 2 aromatic carbocycles. The van der Waals surface area contributed by atoms with Crippen molar-refractivity contribution in [2.45, 2.75) is 5.92 Å². The first kappa shape index (κ1) is 11.4. The maximum absolute atomic E-state index is 5.93.